The number of hydrogen-bond donors (Lipinski definition) is 1. The molecule has 17 heavy (non-hydrogen) atoms. The highest BCUT2D eigenvalue weighted by molar-refractivity contribution is 5.09. The maximum absolute atomic E-state index is 4.80. The van der Waals surface area contributed by atoms with E-state index in [0.717, 1.165) is 11.6 Å². The number of hydrogen-bond acceptors (Lipinski definition) is 2. The Hall–Kier alpha value is -0.860. The van der Waals surface area contributed by atoms with E-state index in [2.05, 4.69) is 24.0 Å². The molecule has 1 aromatic heterocycles. The van der Waals surface area contributed by atoms with Crippen molar-refractivity contribution >= 4 is 0 Å². The zero-order valence-corrected chi connectivity index (χ0v) is 11.0. The molecular weight excluding hydrogens is 210 g/mol. The van der Waals surface area contributed by atoms with Gasteiger partial charge in [-0.1, -0.05) is 33.1 Å². The van der Waals surface area contributed by atoms with Crippen LogP contribution in [0, 0.1) is 5.41 Å². The Labute approximate surface area is 103 Å². The first-order valence-corrected chi connectivity index (χ1v) is 7.09. The van der Waals surface area contributed by atoms with Gasteiger partial charge in [-0.25, -0.2) is 4.98 Å². The van der Waals surface area contributed by atoms with Gasteiger partial charge in [0.25, 0.3) is 0 Å². The van der Waals surface area contributed by atoms with Gasteiger partial charge in [0.2, 0.25) is 0 Å². The van der Waals surface area contributed by atoms with E-state index >= 15 is 0 Å². The van der Waals surface area contributed by atoms with E-state index in [4.69, 9.17) is 4.98 Å². The van der Waals surface area contributed by atoms with Gasteiger partial charge in [0.15, 0.2) is 5.82 Å². The van der Waals surface area contributed by atoms with Crippen LogP contribution in [-0.4, -0.2) is 15.2 Å². The SMILES string of the molecule is CC1(C)CCCC1c1nc(C2CCCC2)n[nH]1. The molecule has 94 valence electrons. The summed E-state index contributed by atoms with van der Waals surface area (Å²) in [5.41, 5.74) is 0.395. The third-order valence-corrected chi connectivity index (χ3v) is 4.83. The van der Waals surface area contributed by atoms with Crippen molar-refractivity contribution in [1.82, 2.24) is 15.2 Å². The van der Waals surface area contributed by atoms with E-state index in [9.17, 15) is 0 Å². The average Bonchev–Trinajstić information content (AvgIpc) is 2.94. The number of nitrogens with one attached hydrogen (secondary N) is 1. The van der Waals surface area contributed by atoms with Crippen molar-refractivity contribution in [3.05, 3.63) is 11.6 Å². The van der Waals surface area contributed by atoms with Gasteiger partial charge in [0, 0.05) is 11.8 Å². The molecule has 0 aliphatic heterocycles. The topological polar surface area (TPSA) is 41.6 Å². The normalized spacial score (nSPS) is 28.9. The van der Waals surface area contributed by atoms with E-state index in [0.29, 0.717) is 17.3 Å². The van der Waals surface area contributed by atoms with E-state index in [1.54, 1.807) is 0 Å². The van der Waals surface area contributed by atoms with Crippen molar-refractivity contribution < 1.29 is 0 Å². The second-order valence-corrected chi connectivity index (χ2v) is 6.49. The van der Waals surface area contributed by atoms with Crippen LogP contribution >= 0.6 is 0 Å². The first-order chi connectivity index (χ1) is 8.17. The fraction of sp³-hybridized carbons (Fsp3) is 0.857. The fourth-order valence-corrected chi connectivity index (χ4v) is 3.64. The lowest BCUT2D eigenvalue weighted by Crippen LogP contribution is -2.16. The summed E-state index contributed by atoms with van der Waals surface area (Å²) >= 11 is 0. The van der Waals surface area contributed by atoms with Crippen molar-refractivity contribution in [3.8, 4) is 0 Å². The number of aromatic amines is 1. The lowest BCUT2D eigenvalue weighted by molar-refractivity contribution is 0.322. The van der Waals surface area contributed by atoms with Crippen LogP contribution in [0.5, 0.6) is 0 Å². The molecule has 1 unspecified atom stereocenters. The first-order valence-electron chi connectivity index (χ1n) is 7.09. The summed E-state index contributed by atoms with van der Waals surface area (Å²) in [5, 5.41) is 7.69. The van der Waals surface area contributed by atoms with Gasteiger partial charge in [-0.05, 0) is 31.1 Å². The number of H-pyrrole nitrogens is 1. The molecule has 1 atom stereocenters. The van der Waals surface area contributed by atoms with Crippen LogP contribution in [0.4, 0.5) is 0 Å². The number of aromatic nitrogens is 3. The van der Waals surface area contributed by atoms with Crippen molar-refractivity contribution in [2.75, 3.05) is 0 Å². The van der Waals surface area contributed by atoms with Gasteiger partial charge in [0.05, 0.1) is 0 Å². The molecule has 2 fully saturated rings. The zero-order chi connectivity index (χ0) is 11.9. The highest BCUT2D eigenvalue weighted by Gasteiger charge is 2.38. The summed E-state index contributed by atoms with van der Waals surface area (Å²) in [4.78, 5) is 4.80. The van der Waals surface area contributed by atoms with Crippen molar-refractivity contribution in [3.63, 3.8) is 0 Å². The number of nitrogens with zero attached hydrogens (tertiary/aromatic N) is 2. The van der Waals surface area contributed by atoms with E-state index in [1.807, 2.05) is 0 Å². The molecule has 3 nitrogen and oxygen atoms in total. The summed E-state index contributed by atoms with van der Waals surface area (Å²) in [7, 11) is 0. The van der Waals surface area contributed by atoms with Crippen molar-refractivity contribution in [2.24, 2.45) is 5.41 Å². The van der Waals surface area contributed by atoms with Crippen LogP contribution in [0.15, 0.2) is 0 Å². The van der Waals surface area contributed by atoms with Crippen LogP contribution in [-0.2, 0) is 0 Å². The van der Waals surface area contributed by atoms with Crippen LogP contribution < -0.4 is 0 Å². The molecule has 0 amide bonds. The molecule has 2 aliphatic carbocycles. The van der Waals surface area contributed by atoms with Gasteiger partial charge >= 0.3 is 0 Å². The average molecular weight is 233 g/mol. The second-order valence-electron chi connectivity index (χ2n) is 6.49. The highest BCUT2D eigenvalue weighted by atomic mass is 15.2. The van der Waals surface area contributed by atoms with Gasteiger partial charge in [0.1, 0.15) is 5.82 Å². The van der Waals surface area contributed by atoms with Crippen molar-refractivity contribution in [1.29, 1.82) is 0 Å². The molecule has 2 saturated carbocycles. The highest BCUT2D eigenvalue weighted by Crippen LogP contribution is 2.47. The van der Waals surface area contributed by atoms with Crippen LogP contribution in [0.3, 0.4) is 0 Å². The molecule has 1 aromatic rings. The lowest BCUT2D eigenvalue weighted by Gasteiger charge is -2.24. The molecule has 1 heterocycles. The Kier molecular flexibility index (Phi) is 2.72. The molecule has 0 aromatic carbocycles. The second kappa shape index (κ2) is 4.11. The predicted octanol–water partition coefficient (Wildman–Crippen LogP) is 3.76. The lowest BCUT2D eigenvalue weighted by atomic mass is 9.81. The minimum absolute atomic E-state index is 0.395. The van der Waals surface area contributed by atoms with Crippen LogP contribution in [0.1, 0.15) is 82.3 Å². The Bertz CT molecular complexity index is 388. The molecule has 1 N–H and O–H groups in total. The Morgan fingerprint density at radius 2 is 1.88 bits per heavy atom. The third kappa shape index (κ3) is 2.00. The Morgan fingerprint density at radius 1 is 1.12 bits per heavy atom. The summed E-state index contributed by atoms with van der Waals surface area (Å²) in [6, 6.07) is 0. The molecule has 2 aliphatic rings. The molecule has 0 radical (unpaired) electrons. The molecule has 0 saturated heterocycles. The first kappa shape index (κ1) is 11.2. The van der Waals surface area contributed by atoms with E-state index in [1.165, 1.54) is 44.9 Å². The van der Waals surface area contributed by atoms with E-state index in [-0.39, 0.29) is 0 Å². The Morgan fingerprint density at radius 3 is 2.53 bits per heavy atom. The summed E-state index contributed by atoms with van der Waals surface area (Å²) in [5.74, 6) is 3.45. The molecule has 0 bridgehead atoms. The van der Waals surface area contributed by atoms with Crippen LogP contribution in [0.2, 0.25) is 0 Å². The zero-order valence-electron chi connectivity index (χ0n) is 11.0. The van der Waals surface area contributed by atoms with Crippen LogP contribution in [0.25, 0.3) is 0 Å². The van der Waals surface area contributed by atoms with E-state index < -0.39 is 0 Å². The largest absolute Gasteiger partial charge is 0.263 e. The van der Waals surface area contributed by atoms with Gasteiger partial charge in [-0.15, -0.1) is 0 Å². The summed E-state index contributed by atoms with van der Waals surface area (Å²) in [6.07, 6.45) is 9.18. The molecule has 3 rings (SSSR count). The third-order valence-electron chi connectivity index (χ3n) is 4.83. The standard InChI is InChI=1S/C14H23N3/c1-14(2)9-5-8-11(14)13-15-12(16-17-13)10-6-3-4-7-10/h10-11H,3-9H2,1-2H3,(H,15,16,17). The van der Waals surface area contributed by atoms with Crippen molar-refractivity contribution in [2.45, 2.75) is 70.6 Å². The minimum atomic E-state index is 0.395. The number of rotatable bonds is 2. The Balaban J connectivity index is 1.80. The maximum Gasteiger partial charge on any atom is 0.153 e. The predicted molar refractivity (Wildman–Crippen MR) is 68.0 cm³/mol. The summed E-state index contributed by atoms with van der Waals surface area (Å²) in [6.45, 7) is 4.73. The monoisotopic (exact) mass is 233 g/mol. The molecular formula is C14H23N3. The van der Waals surface area contributed by atoms with Gasteiger partial charge < -0.3 is 0 Å². The molecule has 0 spiro atoms. The van der Waals surface area contributed by atoms with Gasteiger partial charge in [-0.3, -0.25) is 5.10 Å². The van der Waals surface area contributed by atoms with Gasteiger partial charge in [-0.2, -0.15) is 5.10 Å². The smallest absolute Gasteiger partial charge is 0.153 e. The minimum Gasteiger partial charge on any atom is -0.263 e. The molecule has 3 heteroatoms. The quantitative estimate of drug-likeness (QED) is 0.845. The maximum atomic E-state index is 4.80. The summed E-state index contributed by atoms with van der Waals surface area (Å²) < 4.78 is 0. The fourth-order valence-electron chi connectivity index (χ4n) is 3.64.